The molecule has 0 aliphatic heterocycles. The van der Waals surface area contributed by atoms with E-state index in [0.717, 1.165) is 0 Å². The molecule has 1 heterocycles. The molecule has 0 atom stereocenters. The first-order valence-electron chi connectivity index (χ1n) is 4.80. The van der Waals surface area contributed by atoms with E-state index in [1.165, 1.54) is 12.3 Å². The summed E-state index contributed by atoms with van der Waals surface area (Å²) >= 11 is 0. The Labute approximate surface area is 96.2 Å². The summed E-state index contributed by atoms with van der Waals surface area (Å²) in [7, 11) is 0. The van der Waals surface area contributed by atoms with Gasteiger partial charge in [-0.1, -0.05) is 18.2 Å². The molecule has 0 saturated carbocycles. The number of aromatic nitrogens is 2. The molecule has 0 saturated heterocycles. The number of nitrogens with zero attached hydrogens (tertiary/aromatic N) is 2. The molecule has 6 heteroatoms. The highest BCUT2D eigenvalue weighted by Crippen LogP contribution is 2.00. The van der Waals surface area contributed by atoms with E-state index in [1.807, 2.05) is 0 Å². The highest BCUT2D eigenvalue weighted by molar-refractivity contribution is 5.89. The van der Waals surface area contributed by atoms with Crippen molar-refractivity contribution in [2.24, 2.45) is 0 Å². The highest BCUT2D eigenvalue weighted by Gasteiger charge is 2.10. The van der Waals surface area contributed by atoms with Crippen LogP contribution in [0.5, 0.6) is 0 Å². The van der Waals surface area contributed by atoms with Gasteiger partial charge in [0, 0.05) is 12.3 Å². The average Bonchev–Trinajstić information content (AvgIpc) is 2.35. The maximum absolute atomic E-state index is 11.7. The van der Waals surface area contributed by atoms with E-state index in [9.17, 15) is 9.59 Å². The molecule has 0 unspecified atom stereocenters. The van der Waals surface area contributed by atoms with Gasteiger partial charge in [-0.2, -0.15) is 4.98 Å². The smallest absolute Gasteiger partial charge is 0.382 e. The van der Waals surface area contributed by atoms with Crippen LogP contribution < -0.4 is 16.3 Å². The molecule has 0 amide bonds. The van der Waals surface area contributed by atoms with Crippen LogP contribution in [0.2, 0.25) is 0 Å². The van der Waals surface area contributed by atoms with Gasteiger partial charge in [-0.25, -0.2) is 9.59 Å². The van der Waals surface area contributed by atoms with Crippen molar-refractivity contribution in [2.45, 2.75) is 0 Å². The fourth-order valence-electron chi connectivity index (χ4n) is 1.21. The molecule has 2 N–H and O–H groups in total. The Balaban J connectivity index is 2.28. The van der Waals surface area contributed by atoms with Crippen LogP contribution in [-0.2, 0) is 0 Å². The van der Waals surface area contributed by atoms with E-state index in [1.54, 1.807) is 30.3 Å². The summed E-state index contributed by atoms with van der Waals surface area (Å²) in [4.78, 5) is 31.2. The first-order valence-corrected chi connectivity index (χ1v) is 4.80. The molecular weight excluding hydrogens is 222 g/mol. The number of hydrogen-bond donors (Lipinski definition) is 1. The van der Waals surface area contributed by atoms with Crippen LogP contribution in [0.1, 0.15) is 10.4 Å². The topological polar surface area (TPSA) is 87.2 Å². The molecular formula is C11H9N3O3. The lowest BCUT2D eigenvalue weighted by Crippen LogP contribution is -2.33. The molecule has 6 nitrogen and oxygen atoms in total. The third kappa shape index (κ3) is 2.31. The van der Waals surface area contributed by atoms with E-state index < -0.39 is 11.7 Å². The van der Waals surface area contributed by atoms with Crippen molar-refractivity contribution in [3.05, 3.63) is 58.6 Å². The lowest BCUT2D eigenvalue weighted by atomic mass is 10.2. The Bertz CT molecular complexity index is 592. The summed E-state index contributed by atoms with van der Waals surface area (Å²) in [6.07, 6.45) is 1.24. The van der Waals surface area contributed by atoms with Crippen molar-refractivity contribution < 1.29 is 9.63 Å². The number of rotatable bonds is 2. The largest absolute Gasteiger partial charge is 0.382 e. The Kier molecular flexibility index (Phi) is 2.87. The van der Waals surface area contributed by atoms with Crippen molar-refractivity contribution in [3.8, 4) is 0 Å². The summed E-state index contributed by atoms with van der Waals surface area (Å²) in [5.74, 6) is -0.665. The molecule has 0 fully saturated rings. The highest BCUT2D eigenvalue weighted by atomic mass is 16.7. The van der Waals surface area contributed by atoms with Crippen molar-refractivity contribution >= 4 is 11.8 Å². The van der Waals surface area contributed by atoms with Crippen LogP contribution >= 0.6 is 0 Å². The Morgan fingerprint density at radius 1 is 1.24 bits per heavy atom. The average molecular weight is 231 g/mol. The van der Waals surface area contributed by atoms with E-state index in [0.29, 0.717) is 10.3 Å². The zero-order chi connectivity index (χ0) is 12.3. The monoisotopic (exact) mass is 231 g/mol. The fourth-order valence-corrected chi connectivity index (χ4v) is 1.21. The normalized spacial score (nSPS) is 9.88. The minimum Gasteiger partial charge on any atom is -0.382 e. The van der Waals surface area contributed by atoms with Crippen LogP contribution in [0, 0.1) is 0 Å². The zero-order valence-corrected chi connectivity index (χ0v) is 8.74. The summed E-state index contributed by atoms with van der Waals surface area (Å²) < 4.78 is 0.648. The van der Waals surface area contributed by atoms with Gasteiger partial charge < -0.3 is 10.6 Å². The van der Waals surface area contributed by atoms with Gasteiger partial charge in [-0.3, -0.25) is 0 Å². The summed E-state index contributed by atoms with van der Waals surface area (Å²) in [5, 5.41) is 0. The second-order valence-corrected chi connectivity index (χ2v) is 3.19. The first kappa shape index (κ1) is 10.9. The Morgan fingerprint density at radius 3 is 2.59 bits per heavy atom. The maximum atomic E-state index is 11.7. The number of nitrogens with two attached hydrogens (primary N) is 1. The molecule has 0 radical (unpaired) electrons. The number of nitrogen functional groups attached to an aromatic ring is 1. The lowest BCUT2D eigenvalue weighted by molar-refractivity contribution is 0.0447. The molecule has 2 rings (SSSR count). The number of benzene rings is 1. The van der Waals surface area contributed by atoms with Gasteiger partial charge in [0.15, 0.2) is 0 Å². The molecule has 0 spiro atoms. The van der Waals surface area contributed by atoms with Gasteiger partial charge in [-0.15, -0.1) is 4.73 Å². The Morgan fingerprint density at radius 2 is 1.94 bits per heavy atom. The molecule has 17 heavy (non-hydrogen) atoms. The minimum atomic E-state index is -0.741. The second-order valence-electron chi connectivity index (χ2n) is 3.19. The van der Waals surface area contributed by atoms with Crippen LogP contribution in [0.25, 0.3) is 0 Å². The molecule has 0 bridgehead atoms. The molecule has 0 aliphatic rings. The summed E-state index contributed by atoms with van der Waals surface area (Å²) in [5.41, 5.74) is 5.07. The van der Waals surface area contributed by atoms with Crippen LogP contribution in [-0.4, -0.2) is 15.7 Å². The predicted molar refractivity (Wildman–Crippen MR) is 60.3 cm³/mol. The van der Waals surface area contributed by atoms with Gasteiger partial charge in [0.05, 0.1) is 5.56 Å². The lowest BCUT2D eigenvalue weighted by Gasteiger charge is -2.07. The second kappa shape index (κ2) is 4.48. The van der Waals surface area contributed by atoms with E-state index in [2.05, 4.69) is 4.98 Å². The maximum Gasteiger partial charge on any atom is 0.382 e. The number of carbonyl (C=O) groups is 1. The van der Waals surface area contributed by atoms with Crippen LogP contribution in [0.3, 0.4) is 0 Å². The van der Waals surface area contributed by atoms with Crippen molar-refractivity contribution in [1.29, 1.82) is 0 Å². The quantitative estimate of drug-likeness (QED) is 0.791. The van der Waals surface area contributed by atoms with Crippen LogP contribution in [0.4, 0.5) is 5.82 Å². The molecule has 1 aromatic carbocycles. The summed E-state index contributed by atoms with van der Waals surface area (Å²) in [6, 6.07) is 9.64. The van der Waals surface area contributed by atoms with Gasteiger partial charge in [0.1, 0.15) is 5.82 Å². The van der Waals surface area contributed by atoms with Gasteiger partial charge in [-0.05, 0) is 12.1 Å². The first-order chi connectivity index (χ1) is 8.18. The van der Waals surface area contributed by atoms with Gasteiger partial charge in [0.2, 0.25) is 0 Å². The minimum absolute atomic E-state index is 0.00859. The third-order valence-corrected chi connectivity index (χ3v) is 2.02. The number of anilines is 1. The van der Waals surface area contributed by atoms with Crippen molar-refractivity contribution in [1.82, 2.24) is 9.71 Å². The number of hydrogen-bond acceptors (Lipinski definition) is 5. The zero-order valence-electron chi connectivity index (χ0n) is 8.74. The predicted octanol–water partition coefficient (Wildman–Crippen LogP) is 0.0945. The van der Waals surface area contributed by atoms with Crippen LogP contribution in [0.15, 0.2) is 47.4 Å². The molecule has 1 aromatic heterocycles. The Hall–Kier alpha value is -2.63. The summed E-state index contributed by atoms with van der Waals surface area (Å²) in [6.45, 7) is 0. The molecule has 0 aliphatic carbocycles. The standard InChI is InChI=1S/C11H9N3O3/c12-9-6-7-13-11(16)14(9)17-10(15)8-4-2-1-3-5-8/h1-7H,12H2. The molecule has 86 valence electrons. The van der Waals surface area contributed by atoms with Gasteiger partial charge in [0.25, 0.3) is 0 Å². The fraction of sp³-hybridized carbons (Fsp3) is 0. The van der Waals surface area contributed by atoms with Crippen molar-refractivity contribution in [2.75, 3.05) is 5.73 Å². The molecule has 2 aromatic rings. The van der Waals surface area contributed by atoms with E-state index >= 15 is 0 Å². The third-order valence-electron chi connectivity index (χ3n) is 2.02. The SMILES string of the molecule is Nc1ccnc(=O)n1OC(=O)c1ccccc1. The number of carbonyl (C=O) groups excluding carboxylic acids is 1. The van der Waals surface area contributed by atoms with Gasteiger partial charge >= 0.3 is 11.7 Å². The van der Waals surface area contributed by atoms with Crippen molar-refractivity contribution in [3.63, 3.8) is 0 Å². The van der Waals surface area contributed by atoms with E-state index in [-0.39, 0.29) is 5.82 Å². The van der Waals surface area contributed by atoms with E-state index in [4.69, 9.17) is 10.6 Å².